The summed E-state index contributed by atoms with van der Waals surface area (Å²) in [7, 11) is 2.00. The zero-order valence-electron chi connectivity index (χ0n) is 13.7. The van der Waals surface area contributed by atoms with Gasteiger partial charge < -0.3 is 5.32 Å². The zero-order valence-corrected chi connectivity index (χ0v) is 14.5. The van der Waals surface area contributed by atoms with Gasteiger partial charge in [-0.25, -0.2) is 0 Å². The molecule has 1 unspecified atom stereocenters. The van der Waals surface area contributed by atoms with Crippen molar-refractivity contribution in [2.75, 3.05) is 6.54 Å². The fourth-order valence-corrected chi connectivity index (χ4v) is 4.06. The molecule has 1 aromatic rings. The van der Waals surface area contributed by atoms with E-state index in [1.54, 1.807) is 6.20 Å². The first kappa shape index (κ1) is 16.8. The molecule has 0 aliphatic heterocycles. The van der Waals surface area contributed by atoms with Gasteiger partial charge in [0, 0.05) is 7.05 Å². The summed E-state index contributed by atoms with van der Waals surface area (Å²) in [4.78, 5) is 0. The second kappa shape index (κ2) is 8.19. The van der Waals surface area contributed by atoms with E-state index < -0.39 is 0 Å². The molecule has 3 nitrogen and oxygen atoms in total. The van der Waals surface area contributed by atoms with Gasteiger partial charge >= 0.3 is 0 Å². The summed E-state index contributed by atoms with van der Waals surface area (Å²) in [5.41, 5.74) is 1.17. The van der Waals surface area contributed by atoms with Crippen LogP contribution in [0.4, 0.5) is 0 Å². The van der Waals surface area contributed by atoms with E-state index in [0.29, 0.717) is 12.0 Å². The van der Waals surface area contributed by atoms with E-state index in [2.05, 4.69) is 24.3 Å². The van der Waals surface area contributed by atoms with Crippen molar-refractivity contribution >= 4 is 11.6 Å². The van der Waals surface area contributed by atoms with Crippen LogP contribution in [0.5, 0.6) is 0 Å². The lowest BCUT2D eigenvalue weighted by atomic mass is 9.76. The third-order valence-corrected chi connectivity index (χ3v) is 5.20. The zero-order chi connectivity index (χ0) is 15.2. The van der Waals surface area contributed by atoms with E-state index >= 15 is 0 Å². The molecule has 0 aromatic carbocycles. The van der Waals surface area contributed by atoms with Crippen LogP contribution in [0.2, 0.25) is 5.02 Å². The number of nitrogens with one attached hydrogen (secondary N) is 1. The molecule has 0 spiro atoms. The Hall–Kier alpha value is -0.540. The first-order valence-corrected chi connectivity index (χ1v) is 8.95. The number of hydrogen-bond acceptors (Lipinski definition) is 2. The van der Waals surface area contributed by atoms with Crippen molar-refractivity contribution in [3.8, 4) is 0 Å². The monoisotopic (exact) mass is 311 g/mol. The minimum absolute atomic E-state index is 0.354. The second-order valence-corrected chi connectivity index (χ2v) is 6.91. The summed E-state index contributed by atoms with van der Waals surface area (Å²) < 4.78 is 1.95. The standard InChI is InChI=1S/C17H30ClN3/c1-4-6-13-7-9-14(10-8-13)16(19-11-5-2)17-15(18)12-20-21(17)3/h12-14,16,19H,4-11H2,1-3H3. The predicted molar refractivity (Wildman–Crippen MR) is 89.6 cm³/mol. The van der Waals surface area contributed by atoms with Crippen LogP contribution in [0.15, 0.2) is 6.20 Å². The van der Waals surface area contributed by atoms with Gasteiger partial charge in [-0.05, 0) is 37.6 Å². The molecule has 1 saturated carbocycles. The molecular weight excluding hydrogens is 282 g/mol. The molecule has 1 N–H and O–H groups in total. The summed E-state index contributed by atoms with van der Waals surface area (Å²) >= 11 is 6.39. The van der Waals surface area contributed by atoms with Crippen molar-refractivity contribution in [2.45, 2.75) is 64.8 Å². The van der Waals surface area contributed by atoms with Crippen LogP contribution in [-0.2, 0) is 7.05 Å². The summed E-state index contributed by atoms with van der Waals surface area (Å²) in [6.45, 7) is 5.56. The largest absolute Gasteiger partial charge is 0.308 e. The molecule has 1 atom stereocenters. The molecule has 2 rings (SSSR count). The van der Waals surface area contributed by atoms with E-state index in [9.17, 15) is 0 Å². The van der Waals surface area contributed by atoms with Gasteiger partial charge in [-0.2, -0.15) is 5.10 Å². The predicted octanol–water partition coefficient (Wildman–Crippen LogP) is 4.72. The lowest BCUT2D eigenvalue weighted by Gasteiger charge is -2.34. The normalized spacial score (nSPS) is 24.2. The highest BCUT2D eigenvalue weighted by atomic mass is 35.5. The first-order chi connectivity index (χ1) is 10.2. The Labute approximate surface area is 134 Å². The minimum Gasteiger partial charge on any atom is -0.308 e. The maximum absolute atomic E-state index is 6.39. The van der Waals surface area contributed by atoms with Crippen molar-refractivity contribution in [2.24, 2.45) is 18.9 Å². The smallest absolute Gasteiger partial charge is 0.0834 e. The van der Waals surface area contributed by atoms with Crippen LogP contribution >= 0.6 is 11.6 Å². The van der Waals surface area contributed by atoms with Gasteiger partial charge in [0.15, 0.2) is 0 Å². The van der Waals surface area contributed by atoms with Gasteiger partial charge in [-0.15, -0.1) is 0 Å². The van der Waals surface area contributed by atoms with Crippen molar-refractivity contribution in [1.29, 1.82) is 0 Å². The number of halogens is 1. The minimum atomic E-state index is 0.354. The van der Waals surface area contributed by atoms with E-state index in [0.717, 1.165) is 23.9 Å². The van der Waals surface area contributed by atoms with Gasteiger partial charge in [0.25, 0.3) is 0 Å². The van der Waals surface area contributed by atoms with Gasteiger partial charge in [0.05, 0.1) is 23.0 Å². The first-order valence-electron chi connectivity index (χ1n) is 8.58. The van der Waals surface area contributed by atoms with Crippen molar-refractivity contribution in [3.63, 3.8) is 0 Å². The maximum Gasteiger partial charge on any atom is 0.0834 e. The number of rotatable bonds is 7. The van der Waals surface area contributed by atoms with E-state index in [1.807, 2.05) is 11.7 Å². The van der Waals surface area contributed by atoms with Crippen molar-refractivity contribution in [1.82, 2.24) is 15.1 Å². The highest BCUT2D eigenvalue weighted by molar-refractivity contribution is 6.31. The molecule has 0 amide bonds. The van der Waals surface area contributed by atoms with Gasteiger partial charge in [-0.3, -0.25) is 4.68 Å². The molecule has 4 heteroatoms. The third-order valence-electron chi connectivity index (χ3n) is 4.91. The van der Waals surface area contributed by atoms with E-state index in [-0.39, 0.29) is 0 Å². The highest BCUT2D eigenvalue weighted by Crippen LogP contribution is 2.39. The SMILES string of the molecule is CCCNC(c1c(Cl)cnn1C)C1CCC(CCC)CC1. The average Bonchev–Trinajstić information content (AvgIpc) is 2.81. The average molecular weight is 312 g/mol. The van der Waals surface area contributed by atoms with Crippen LogP contribution in [0.1, 0.15) is 70.5 Å². The summed E-state index contributed by atoms with van der Waals surface area (Å²) in [6, 6.07) is 0.354. The molecule has 1 fully saturated rings. The van der Waals surface area contributed by atoms with Crippen LogP contribution in [0, 0.1) is 11.8 Å². The fourth-order valence-electron chi connectivity index (χ4n) is 3.77. The number of nitrogens with zero attached hydrogens (tertiary/aromatic N) is 2. The fraction of sp³-hybridized carbons (Fsp3) is 0.824. The lowest BCUT2D eigenvalue weighted by molar-refractivity contribution is 0.209. The van der Waals surface area contributed by atoms with Crippen molar-refractivity contribution in [3.05, 3.63) is 16.9 Å². The Kier molecular flexibility index (Phi) is 6.56. The van der Waals surface area contributed by atoms with Crippen LogP contribution in [0.25, 0.3) is 0 Å². The number of hydrogen-bond donors (Lipinski definition) is 1. The van der Waals surface area contributed by atoms with Crippen LogP contribution < -0.4 is 5.32 Å². The molecule has 120 valence electrons. The topological polar surface area (TPSA) is 29.9 Å². The summed E-state index contributed by atoms with van der Waals surface area (Å²) in [6.07, 6.45) is 11.0. The molecule has 1 aliphatic rings. The van der Waals surface area contributed by atoms with Crippen molar-refractivity contribution < 1.29 is 0 Å². The Bertz CT molecular complexity index is 402. The third kappa shape index (κ3) is 4.23. The molecule has 1 heterocycles. The Morgan fingerprint density at radius 1 is 1.29 bits per heavy atom. The molecule has 0 bridgehead atoms. The Balaban J connectivity index is 2.07. The van der Waals surface area contributed by atoms with Gasteiger partial charge in [-0.1, -0.05) is 51.1 Å². The Morgan fingerprint density at radius 2 is 2.00 bits per heavy atom. The lowest BCUT2D eigenvalue weighted by Crippen LogP contribution is -2.33. The molecule has 1 aliphatic carbocycles. The Morgan fingerprint density at radius 3 is 2.52 bits per heavy atom. The molecular formula is C17H30ClN3. The van der Waals surface area contributed by atoms with E-state index in [1.165, 1.54) is 44.2 Å². The quantitative estimate of drug-likeness (QED) is 0.789. The van der Waals surface area contributed by atoms with Gasteiger partial charge in [0.1, 0.15) is 0 Å². The highest BCUT2D eigenvalue weighted by Gasteiger charge is 2.31. The van der Waals surface area contributed by atoms with E-state index in [4.69, 9.17) is 11.6 Å². The molecule has 1 aromatic heterocycles. The molecule has 21 heavy (non-hydrogen) atoms. The van der Waals surface area contributed by atoms with Crippen LogP contribution in [0.3, 0.4) is 0 Å². The second-order valence-electron chi connectivity index (χ2n) is 6.50. The number of aromatic nitrogens is 2. The van der Waals surface area contributed by atoms with Crippen LogP contribution in [-0.4, -0.2) is 16.3 Å². The summed E-state index contributed by atoms with van der Waals surface area (Å²) in [5.74, 6) is 1.64. The maximum atomic E-state index is 6.39. The molecule has 0 radical (unpaired) electrons. The molecule has 0 saturated heterocycles. The number of aryl methyl sites for hydroxylation is 1. The van der Waals surface area contributed by atoms with Gasteiger partial charge in [0.2, 0.25) is 0 Å². The summed E-state index contributed by atoms with van der Waals surface area (Å²) in [5, 5.41) is 8.86.